The Labute approximate surface area is 164 Å². The van der Waals surface area contributed by atoms with Gasteiger partial charge < -0.3 is 10.1 Å². The second-order valence-electron chi connectivity index (χ2n) is 4.92. The first kappa shape index (κ1) is 20.5. The number of hydrogen-bond donors (Lipinski definition) is 2. The van der Waals surface area contributed by atoms with Crippen molar-refractivity contribution in [2.24, 2.45) is 5.14 Å². The van der Waals surface area contributed by atoms with E-state index in [2.05, 4.69) is 5.32 Å². The van der Waals surface area contributed by atoms with Crippen molar-refractivity contribution in [2.45, 2.75) is 4.90 Å². The van der Waals surface area contributed by atoms with E-state index in [1.165, 1.54) is 18.2 Å². The van der Waals surface area contributed by atoms with E-state index in [0.29, 0.717) is 0 Å². The molecule has 0 saturated heterocycles. The zero-order chi connectivity index (χ0) is 19.5. The average molecular weight is 438 g/mol. The van der Waals surface area contributed by atoms with E-state index in [1.807, 2.05) is 0 Å². The topological polar surface area (TPSA) is 116 Å². The molecule has 2 aromatic carbocycles. The lowest BCUT2D eigenvalue weighted by Crippen LogP contribution is -2.21. The monoisotopic (exact) mass is 436 g/mol. The lowest BCUT2D eigenvalue weighted by Gasteiger charge is -2.09. The summed E-state index contributed by atoms with van der Waals surface area (Å²) in [6.07, 6.45) is 0. The van der Waals surface area contributed by atoms with E-state index in [-0.39, 0.29) is 26.3 Å². The molecule has 0 fully saturated rings. The predicted octanol–water partition coefficient (Wildman–Crippen LogP) is 3.09. The molecular formula is C15H11Cl3N2O5S. The SMILES string of the molecule is NS(=O)(=O)c1cc(C(=O)OCC(=O)Nc2cccc(Cl)c2Cl)ccc1Cl. The molecule has 138 valence electrons. The van der Waals surface area contributed by atoms with E-state index < -0.39 is 33.4 Å². The molecule has 7 nitrogen and oxygen atoms in total. The zero-order valence-corrected chi connectivity index (χ0v) is 15.9. The summed E-state index contributed by atoms with van der Waals surface area (Å²) in [5.74, 6) is -1.60. The molecule has 0 aliphatic rings. The Hall–Kier alpha value is -1.84. The summed E-state index contributed by atoms with van der Waals surface area (Å²) in [5, 5.41) is 7.69. The summed E-state index contributed by atoms with van der Waals surface area (Å²) in [4.78, 5) is 23.4. The van der Waals surface area contributed by atoms with Crippen LogP contribution in [0.4, 0.5) is 5.69 Å². The second kappa shape index (κ2) is 8.24. The van der Waals surface area contributed by atoms with Crippen LogP contribution in [0, 0.1) is 0 Å². The maximum absolute atomic E-state index is 12.0. The molecule has 0 bridgehead atoms. The highest BCUT2D eigenvalue weighted by molar-refractivity contribution is 7.89. The number of esters is 1. The Balaban J connectivity index is 2.05. The number of carbonyl (C=O) groups excluding carboxylic acids is 2. The van der Waals surface area contributed by atoms with Gasteiger partial charge in [0.05, 0.1) is 26.3 Å². The third-order valence-electron chi connectivity index (χ3n) is 3.03. The summed E-state index contributed by atoms with van der Waals surface area (Å²) in [6, 6.07) is 8.04. The van der Waals surface area contributed by atoms with Crippen molar-refractivity contribution >= 4 is 62.4 Å². The number of amides is 1. The highest BCUT2D eigenvalue weighted by atomic mass is 35.5. The number of ether oxygens (including phenoxy) is 1. The van der Waals surface area contributed by atoms with Crippen molar-refractivity contribution < 1.29 is 22.7 Å². The molecule has 0 saturated carbocycles. The van der Waals surface area contributed by atoms with Crippen LogP contribution < -0.4 is 10.5 Å². The van der Waals surface area contributed by atoms with Gasteiger partial charge in [-0.3, -0.25) is 4.79 Å². The molecule has 0 atom stereocenters. The largest absolute Gasteiger partial charge is 0.452 e. The molecule has 0 unspecified atom stereocenters. The highest BCUT2D eigenvalue weighted by Gasteiger charge is 2.18. The third kappa shape index (κ3) is 5.09. The molecular weight excluding hydrogens is 427 g/mol. The summed E-state index contributed by atoms with van der Waals surface area (Å²) < 4.78 is 27.7. The Morgan fingerprint density at radius 1 is 1.08 bits per heavy atom. The quantitative estimate of drug-likeness (QED) is 0.697. The van der Waals surface area contributed by atoms with Gasteiger partial charge in [-0.05, 0) is 30.3 Å². The van der Waals surface area contributed by atoms with Crippen LogP contribution in [-0.2, 0) is 19.6 Å². The molecule has 3 N–H and O–H groups in total. The normalized spacial score (nSPS) is 11.1. The van der Waals surface area contributed by atoms with Gasteiger partial charge in [0.2, 0.25) is 10.0 Å². The van der Waals surface area contributed by atoms with Crippen LogP contribution in [0.15, 0.2) is 41.3 Å². The molecule has 0 radical (unpaired) electrons. The van der Waals surface area contributed by atoms with E-state index >= 15 is 0 Å². The van der Waals surface area contributed by atoms with Crippen LogP contribution in [-0.4, -0.2) is 26.9 Å². The van der Waals surface area contributed by atoms with Crippen molar-refractivity contribution in [3.05, 3.63) is 57.0 Å². The fraction of sp³-hybridized carbons (Fsp3) is 0.0667. The number of benzene rings is 2. The Kier molecular flexibility index (Phi) is 6.48. The van der Waals surface area contributed by atoms with Gasteiger partial charge >= 0.3 is 5.97 Å². The minimum atomic E-state index is -4.12. The molecule has 0 spiro atoms. The minimum Gasteiger partial charge on any atom is -0.452 e. The van der Waals surface area contributed by atoms with E-state index in [1.54, 1.807) is 12.1 Å². The van der Waals surface area contributed by atoms with Crippen LogP contribution in [0.5, 0.6) is 0 Å². The number of rotatable bonds is 5. The fourth-order valence-electron chi connectivity index (χ4n) is 1.85. The molecule has 11 heteroatoms. The Morgan fingerprint density at radius 2 is 1.77 bits per heavy atom. The summed E-state index contributed by atoms with van der Waals surface area (Å²) in [6.45, 7) is -0.630. The average Bonchev–Trinajstić information content (AvgIpc) is 2.56. The number of anilines is 1. The zero-order valence-electron chi connectivity index (χ0n) is 12.8. The summed E-state index contributed by atoms with van der Waals surface area (Å²) in [5.41, 5.74) is 0.121. The fourth-order valence-corrected chi connectivity index (χ4v) is 3.27. The molecule has 0 aliphatic carbocycles. The van der Waals surface area contributed by atoms with Crippen LogP contribution in [0.3, 0.4) is 0 Å². The molecule has 2 aromatic rings. The molecule has 2 rings (SSSR count). The van der Waals surface area contributed by atoms with Gasteiger partial charge in [0.15, 0.2) is 6.61 Å². The Morgan fingerprint density at radius 3 is 2.42 bits per heavy atom. The predicted molar refractivity (Wildman–Crippen MR) is 98.2 cm³/mol. The maximum atomic E-state index is 12.0. The number of hydrogen-bond acceptors (Lipinski definition) is 5. The number of nitrogens with one attached hydrogen (secondary N) is 1. The summed E-state index contributed by atoms with van der Waals surface area (Å²) in [7, 11) is -4.12. The smallest absolute Gasteiger partial charge is 0.338 e. The molecule has 0 aliphatic heterocycles. The number of nitrogens with two attached hydrogens (primary N) is 1. The van der Waals surface area contributed by atoms with E-state index in [4.69, 9.17) is 44.7 Å². The molecule has 0 aromatic heterocycles. The van der Waals surface area contributed by atoms with Crippen LogP contribution in [0.25, 0.3) is 0 Å². The minimum absolute atomic E-state index is 0.132. The van der Waals surface area contributed by atoms with Gasteiger partial charge in [-0.15, -0.1) is 0 Å². The van der Waals surface area contributed by atoms with Gasteiger partial charge in [0.1, 0.15) is 4.90 Å². The van der Waals surface area contributed by atoms with Crippen molar-refractivity contribution in [3.63, 3.8) is 0 Å². The van der Waals surface area contributed by atoms with Crippen LogP contribution in [0.2, 0.25) is 15.1 Å². The third-order valence-corrected chi connectivity index (χ3v) is 5.24. The van der Waals surface area contributed by atoms with Crippen molar-refractivity contribution in [3.8, 4) is 0 Å². The summed E-state index contributed by atoms with van der Waals surface area (Å²) >= 11 is 17.5. The standard InChI is InChI=1S/C15H11Cl3N2O5S/c16-9-5-4-8(6-12(9)26(19,23)24)15(22)25-7-13(21)20-11-3-1-2-10(17)14(11)18/h1-6H,7H2,(H,20,21)(H2,19,23,24). The number of primary sulfonamides is 1. The number of halogens is 3. The molecule has 26 heavy (non-hydrogen) atoms. The molecule has 1 amide bonds. The van der Waals surface area contributed by atoms with Crippen molar-refractivity contribution in [1.82, 2.24) is 0 Å². The first-order valence-electron chi connectivity index (χ1n) is 6.83. The first-order valence-corrected chi connectivity index (χ1v) is 9.51. The number of sulfonamides is 1. The lowest BCUT2D eigenvalue weighted by molar-refractivity contribution is -0.119. The highest BCUT2D eigenvalue weighted by Crippen LogP contribution is 2.29. The van der Waals surface area contributed by atoms with E-state index in [0.717, 1.165) is 6.07 Å². The van der Waals surface area contributed by atoms with Gasteiger partial charge in [-0.25, -0.2) is 18.4 Å². The van der Waals surface area contributed by atoms with Crippen LogP contribution >= 0.6 is 34.8 Å². The first-order chi connectivity index (χ1) is 12.1. The second-order valence-corrected chi connectivity index (χ2v) is 7.64. The Bertz CT molecular complexity index is 979. The van der Waals surface area contributed by atoms with Gasteiger partial charge in [0.25, 0.3) is 5.91 Å². The van der Waals surface area contributed by atoms with Gasteiger partial charge in [-0.1, -0.05) is 40.9 Å². The van der Waals surface area contributed by atoms with Gasteiger partial charge in [0, 0.05) is 0 Å². The molecule has 0 heterocycles. The van der Waals surface area contributed by atoms with E-state index in [9.17, 15) is 18.0 Å². The maximum Gasteiger partial charge on any atom is 0.338 e. The van der Waals surface area contributed by atoms with Crippen molar-refractivity contribution in [2.75, 3.05) is 11.9 Å². The van der Waals surface area contributed by atoms with Crippen LogP contribution in [0.1, 0.15) is 10.4 Å². The lowest BCUT2D eigenvalue weighted by atomic mass is 10.2. The van der Waals surface area contributed by atoms with Crippen molar-refractivity contribution in [1.29, 1.82) is 0 Å². The number of carbonyl (C=O) groups is 2. The van der Waals surface area contributed by atoms with Gasteiger partial charge in [-0.2, -0.15) is 0 Å².